The summed E-state index contributed by atoms with van der Waals surface area (Å²) in [6.07, 6.45) is 3.10. The fourth-order valence-electron chi connectivity index (χ4n) is 2.89. The van der Waals surface area contributed by atoms with Crippen molar-refractivity contribution >= 4 is 5.91 Å². The van der Waals surface area contributed by atoms with E-state index in [1.807, 2.05) is 24.3 Å². The summed E-state index contributed by atoms with van der Waals surface area (Å²) < 4.78 is 12.0. The molecule has 0 atom stereocenters. The summed E-state index contributed by atoms with van der Waals surface area (Å²) in [7, 11) is 1.63. The average Bonchev–Trinajstić information content (AvgIpc) is 3.24. The lowest BCUT2D eigenvalue weighted by Crippen LogP contribution is -2.27. The lowest BCUT2D eigenvalue weighted by molar-refractivity contribution is -0.121. The van der Waals surface area contributed by atoms with Gasteiger partial charge >= 0.3 is 0 Å². The van der Waals surface area contributed by atoms with Crippen LogP contribution in [0.15, 0.2) is 64.0 Å². The van der Waals surface area contributed by atoms with E-state index in [-0.39, 0.29) is 11.5 Å². The summed E-state index contributed by atoms with van der Waals surface area (Å²) in [5.74, 6) is 1.37. The van der Waals surface area contributed by atoms with Gasteiger partial charge in [-0.2, -0.15) is 5.10 Å². The molecule has 0 spiro atoms. The normalized spacial score (nSPS) is 10.6. The molecular weight excluding hydrogens is 358 g/mol. The van der Waals surface area contributed by atoms with Crippen molar-refractivity contribution in [1.82, 2.24) is 15.1 Å². The maximum atomic E-state index is 12.1. The SMILES string of the molecule is COc1ccccc1CCNC(=O)CCCn1nc(-c2ccco2)ccc1=O. The Morgan fingerprint density at radius 3 is 2.82 bits per heavy atom. The molecule has 0 radical (unpaired) electrons. The highest BCUT2D eigenvalue weighted by Crippen LogP contribution is 2.17. The smallest absolute Gasteiger partial charge is 0.266 e. The molecule has 7 nitrogen and oxygen atoms in total. The number of aryl methyl sites for hydroxylation is 1. The number of benzene rings is 1. The molecule has 2 aromatic heterocycles. The molecular formula is C21H23N3O4. The van der Waals surface area contributed by atoms with Gasteiger partial charge in [0, 0.05) is 25.6 Å². The van der Waals surface area contributed by atoms with Gasteiger partial charge in [0.1, 0.15) is 11.4 Å². The second-order valence-corrected chi connectivity index (χ2v) is 6.27. The highest BCUT2D eigenvalue weighted by Gasteiger charge is 2.07. The highest BCUT2D eigenvalue weighted by molar-refractivity contribution is 5.75. The van der Waals surface area contributed by atoms with Gasteiger partial charge in [-0.1, -0.05) is 18.2 Å². The van der Waals surface area contributed by atoms with Gasteiger partial charge in [0.05, 0.1) is 13.4 Å². The maximum absolute atomic E-state index is 12.1. The van der Waals surface area contributed by atoms with Crippen LogP contribution >= 0.6 is 0 Å². The van der Waals surface area contributed by atoms with Crippen molar-refractivity contribution in [2.45, 2.75) is 25.8 Å². The maximum Gasteiger partial charge on any atom is 0.266 e. The van der Waals surface area contributed by atoms with E-state index in [4.69, 9.17) is 9.15 Å². The second kappa shape index (κ2) is 9.55. The molecule has 0 bridgehead atoms. The summed E-state index contributed by atoms with van der Waals surface area (Å²) in [5.41, 5.74) is 1.44. The lowest BCUT2D eigenvalue weighted by Gasteiger charge is -2.09. The van der Waals surface area contributed by atoms with Gasteiger partial charge in [-0.25, -0.2) is 4.68 Å². The van der Waals surface area contributed by atoms with Crippen molar-refractivity contribution in [2.24, 2.45) is 0 Å². The summed E-state index contributed by atoms with van der Waals surface area (Å²) >= 11 is 0. The summed E-state index contributed by atoms with van der Waals surface area (Å²) in [4.78, 5) is 24.0. The van der Waals surface area contributed by atoms with Crippen molar-refractivity contribution in [1.29, 1.82) is 0 Å². The number of rotatable bonds is 9. The standard InChI is InChI=1S/C21H23N3O4/c1-27-18-7-3-2-6-16(18)12-13-22-20(25)9-4-14-24-21(26)11-10-17(23-24)19-8-5-15-28-19/h2-3,5-8,10-11,15H,4,9,12-14H2,1H3,(H,22,25). The Labute approximate surface area is 162 Å². The Bertz CT molecular complexity index is 964. The van der Waals surface area contributed by atoms with Crippen LogP contribution in [0.2, 0.25) is 0 Å². The molecule has 1 amide bonds. The number of ether oxygens (including phenoxy) is 1. The molecule has 1 aromatic carbocycles. The van der Waals surface area contributed by atoms with Gasteiger partial charge in [-0.3, -0.25) is 9.59 Å². The van der Waals surface area contributed by atoms with E-state index in [1.165, 1.54) is 10.7 Å². The fraction of sp³-hybridized carbons (Fsp3) is 0.286. The number of para-hydroxylation sites is 1. The monoisotopic (exact) mass is 381 g/mol. The van der Waals surface area contributed by atoms with Crippen LogP contribution in [-0.2, 0) is 17.8 Å². The molecule has 1 N–H and O–H groups in total. The Hall–Kier alpha value is -3.35. The largest absolute Gasteiger partial charge is 0.496 e. The summed E-state index contributed by atoms with van der Waals surface area (Å²) in [6, 6.07) is 14.4. The first kappa shape index (κ1) is 19.4. The van der Waals surface area contributed by atoms with Gasteiger partial charge in [0.15, 0.2) is 5.76 Å². The zero-order chi connectivity index (χ0) is 19.8. The molecule has 0 unspecified atom stereocenters. The van der Waals surface area contributed by atoms with Gasteiger partial charge < -0.3 is 14.5 Å². The van der Waals surface area contributed by atoms with Crippen LogP contribution in [0.5, 0.6) is 5.75 Å². The molecule has 7 heteroatoms. The molecule has 0 fully saturated rings. The predicted octanol–water partition coefficient (Wildman–Crippen LogP) is 2.65. The zero-order valence-corrected chi connectivity index (χ0v) is 15.8. The van der Waals surface area contributed by atoms with Crippen molar-refractivity contribution < 1.29 is 13.9 Å². The minimum absolute atomic E-state index is 0.0508. The van der Waals surface area contributed by atoms with E-state index in [0.29, 0.717) is 43.8 Å². The quantitative estimate of drug-likeness (QED) is 0.616. The van der Waals surface area contributed by atoms with Crippen LogP contribution in [0, 0.1) is 0 Å². The Morgan fingerprint density at radius 2 is 2.04 bits per heavy atom. The Balaban J connectivity index is 1.45. The lowest BCUT2D eigenvalue weighted by atomic mass is 10.1. The third kappa shape index (κ3) is 5.09. The summed E-state index contributed by atoms with van der Waals surface area (Å²) in [6.45, 7) is 0.901. The number of amides is 1. The second-order valence-electron chi connectivity index (χ2n) is 6.27. The van der Waals surface area contributed by atoms with Crippen molar-refractivity contribution in [2.75, 3.05) is 13.7 Å². The Morgan fingerprint density at radius 1 is 1.18 bits per heavy atom. The molecule has 28 heavy (non-hydrogen) atoms. The molecule has 146 valence electrons. The molecule has 0 saturated carbocycles. The number of furan rings is 1. The number of methoxy groups -OCH3 is 1. The third-order valence-electron chi connectivity index (χ3n) is 4.32. The molecule has 0 aliphatic rings. The molecule has 3 aromatic rings. The van der Waals surface area contributed by atoms with Crippen molar-refractivity contribution in [3.63, 3.8) is 0 Å². The highest BCUT2D eigenvalue weighted by atomic mass is 16.5. The molecule has 0 saturated heterocycles. The van der Waals surface area contributed by atoms with Crippen LogP contribution in [-0.4, -0.2) is 29.3 Å². The van der Waals surface area contributed by atoms with Gasteiger partial charge in [-0.15, -0.1) is 0 Å². The van der Waals surface area contributed by atoms with Crippen LogP contribution in [0.4, 0.5) is 0 Å². The van der Waals surface area contributed by atoms with E-state index in [9.17, 15) is 9.59 Å². The van der Waals surface area contributed by atoms with Gasteiger partial charge in [-0.05, 0) is 42.7 Å². The molecule has 2 heterocycles. The van der Waals surface area contributed by atoms with E-state index in [0.717, 1.165) is 11.3 Å². The number of hydrogen-bond acceptors (Lipinski definition) is 5. The minimum atomic E-state index is -0.202. The first-order chi connectivity index (χ1) is 13.7. The third-order valence-corrected chi connectivity index (χ3v) is 4.32. The van der Waals surface area contributed by atoms with E-state index < -0.39 is 0 Å². The van der Waals surface area contributed by atoms with E-state index in [2.05, 4.69) is 10.4 Å². The molecule has 0 aliphatic carbocycles. The van der Waals surface area contributed by atoms with Gasteiger partial charge in [0.25, 0.3) is 5.56 Å². The van der Waals surface area contributed by atoms with Crippen LogP contribution in [0.3, 0.4) is 0 Å². The topological polar surface area (TPSA) is 86.4 Å². The number of hydrogen-bond donors (Lipinski definition) is 1. The predicted molar refractivity (Wildman–Crippen MR) is 105 cm³/mol. The van der Waals surface area contributed by atoms with Crippen LogP contribution < -0.4 is 15.6 Å². The summed E-state index contributed by atoms with van der Waals surface area (Å²) in [5, 5.41) is 7.20. The van der Waals surface area contributed by atoms with Crippen molar-refractivity contribution in [3.8, 4) is 17.2 Å². The minimum Gasteiger partial charge on any atom is -0.496 e. The van der Waals surface area contributed by atoms with E-state index >= 15 is 0 Å². The number of nitrogens with zero attached hydrogens (tertiary/aromatic N) is 2. The zero-order valence-electron chi connectivity index (χ0n) is 15.8. The first-order valence-corrected chi connectivity index (χ1v) is 9.18. The van der Waals surface area contributed by atoms with Crippen LogP contribution in [0.25, 0.3) is 11.5 Å². The van der Waals surface area contributed by atoms with Gasteiger partial charge in [0.2, 0.25) is 5.91 Å². The average molecular weight is 381 g/mol. The Kier molecular flexibility index (Phi) is 6.62. The number of carbonyl (C=O) groups excluding carboxylic acids is 1. The molecule has 0 aliphatic heterocycles. The number of carbonyl (C=O) groups is 1. The number of aromatic nitrogens is 2. The molecule has 3 rings (SSSR count). The fourth-order valence-corrected chi connectivity index (χ4v) is 2.89. The van der Waals surface area contributed by atoms with Crippen LogP contribution in [0.1, 0.15) is 18.4 Å². The van der Waals surface area contributed by atoms with Crippen molar-refractivity contribution in [3.05, 3.63) is 70.7 Å². The first-order valence-electron chi connectivity index (χ1n) is 9.18. The number of nitrogens with one attached hydrogen (secondary N) is 1. The van der Waals surface area contributed by atoms with E-state index in [1.54, 1.807) is 31.6 Å².